The number of nitrogens with one attached hydrogen (secondary N) is 1. The van der Waals surface area contributed by atoms with Crippen LogP contribution in [0.4, 0.5) is 16.2 Å². The van der Waals surface area contributed by atoms with Crippen LogP contribution in [0.2, 0.25) is 0 Å². The fourth-order valence-corrected chi connectivity index (χ4v) is 5.26. The number of carbonyl (C=O) groups is 2. The molecular weight excluding hydrogens is 392 g/mol. The van der Waals surface area contributed by atoms with Gasteiger partial charge >= 0.3 is 0 Å². The molecule has 30 heavy (non-hydrogen) atoms. The van der Waals surface area contributed by atoms with Crippen molar-refractivity contribution >= 4 is 34.3 Å². The summed E-state index contributed by atoms with van der Waals surface area (Å²) in [6.07, 6.45) is 8.48. The molecule has 4 nitrogen and oxygen atoms in total. The third-order valence-electron chi connectivity index (χ3n) is 6.17. The Bertz CT molecular complexity index is 904. The van der Waals surface area contributed by atoms with E-state index < -0.39 is 0 Å². The van der Waals surface area contributed by atoms with Crippen LogP contribution >= 0.6 is 11.8 Å². The molecule has 0 bridgehead atoms. The van der Waals surface area contributed by atoms with E-state index in [4.69, 9.17) is 0 Å². The standard InChI is InChI=1S/C25H30N2O2S/c1-18-9-14-23-21(16-18)8-5-15-27(23)25(29)30-17-24(28)26-22-12-10-20(11-13-22)19-6-3-2-4-7-19/h9-14,16,19H,2-8,15,17H2,1H3,(H,26,28). The van der Waals surface area contributed by atoms with Gasteiger partial charge in [0.25, 0.3) is 5.24 Å². The van der Waals surface area contributed by atoms with Gasteiger partial charge in [0.05, 0.1) is 5.75 Å². The van der Waals surface area contributed by atoms with Gasteiger partial charge in [0, 0.05) is 17.9 Å². The summed E-state index contributed by atoms with van der Waals surface area (Å²) in [7, 11) is 0. The molecule has 1 aliphatic carbocycles. The van der Waals surface area contributed by atoms with Gasteiger partial charge in [0.2, 0.25) is 5.91 Å². The lowest BCUT2D eigenvalue weighted by Gasteiger charge is -2.29. The Labute approximate surface area is 183 Å². The van der Waals surface area contributed by atoms with E-state index >= 15 is 0 Å². The minimum Gasteiger partial charge on any atom is -0.325 e. The number of benzene rings is 2. The first kappa shape index (κ1) is 21.0. The zero-order chi connectivity index (χ0) is 20.9. The van der Waals surface area contributed by atoms with Crippen LogP contribution in [0.1, 0.15) is 61.1 Å². The molecule has 2 amide bonds. The van der Waals surface area contributed by atoms with Crippen LogP contribution in [0.15, 0.2) is 42.5 Å². The monoisotopic (exact) mass is 422 g/mol. The molecule has 2 aliphatic rings. The van der Waals surface area contributed by atoms with Crippen molar-refractivity contribution in [3.05, 3.63) is 59.2 Å². The average molecular weight is 423 g/mol. The number of carbonyl (C=O) groups excluding carboxylic acids is 2. The quantitative estimate of drug-likeness (QED) is 0.630. The first-order valence-electron chi connectivity index (χ1n) is 11.0. The number of anilines is 2. The van der Waals surface area contributed by atoms with Crippen LogP contribution in [0.3, 0.4) is 0 Å². The molecule has 2 aromatic rings. The predicted octanol–water partition coefficient (Wildman–Crippen LogP) is 6.29. The molecule has 0 radical (unpaired) electrons. The number of amides is 2. The van der Waals surface area contributed by atoms with Crippen molar-refractivity contribution in [3.8, 4) is 0 Å². The fraction of sp³-hybridized carbons (Fsp3) is 0.440. The number of hydrogen-bond donors (Lipinski definition) is 1. The predicted molar refractivity (Wildman–Crippen MR) is 126 cm³/mol. The van der Waals surface area contributed by atoms with Gasteiger partial charge < -0.3 is 10.2 Å². The molecule has 0 spiro atoms. The minimum absolute atomic E-state index is 0.0531. The second kappa shape index (κ2) is 9.69. The third-order valence-corrected chi connectivity index (χ3v) is 7.05. The van der Waals surface area contributed by atoms with E-state index in [1.807, 2.05) is 29.2 Å². The van der Waals surface area contributed by atoms with E-state index in [2.05, 4.69) is 30.4 Å². The Morgan fingerprint density at radius 2 is 1.80 bits per heavy atom. The zero-order valence-electron chi connectivity index (χ0n) is 17.7. The van der Waals surface area contributed by atoms with Crippen LogP contribution in [-0.2, 0) is 11.2 Å². The summed E-state index contributed by atoms with van der Waals surface area (Å²) in [5.41, 5.74) is 5.59. The highest BCUT2D eigenvalue weighted by Crippen LogP contribution is 2.33. The van der Waals surface area contributed by atoms with Crippen LogP contribution in [0.5, 0.6) is 0 Å². The van der Waals surface area contributed by atoms with E-state index in [0.717, 1.165) is 36.0 Å². The lowest BCUT2D eigenvalue weighted by atomic mass is 9.84. The van der Waals surface area contributed by atoms with Crippen molar-refractivity contribution in [2.24, 2.45) is 0 Å². The van der Waals surface area contributed by atoms with Gasteiger partial charge in [0.15, 0.2) is 0 Å². The second-order valence-corrected chi connectivity index (χ2v) is 9.37. The first-order valence-corrected chi connectivity index (χ1v) is 12.0. The van der Waals surface area contributed by atoms with Crippen molar-refractivity contribution in [1.29, 1.82) is 0 Å². The Kier molecular flexibility index (Phi) is 6.78. The highest BCUT2D eigenvalue weighted by Gasteiger charge is 2.23. The summed E-state index contributed by atoms with van der Waals surface area (Å²) in [5.74, 6) is 0.647. The lowest BCUT2D eigenvalue weighted by Crippen LogP contribution is -2.33. The Morgan fingerprint density at radius 1 is 1.03 bits per heavy atom. The van der Waals surface area contributed by atoms with Gasteiger partial charge in [-0.25, -0.2) is 0 Å². The second-order valence-electron chi connectivity index (χ2n) is 8.45. The summed E-state index contributed by atoms with van der Waals surface area (Å²) >= 11 is 1.08. The van der Waals surface area contributed by atoms with Gasteiger partial charge in [0.1, 0.15) is 0 Å². The normalized spacial score (nSPS) is 16.8. The molecule has 0 unspecified atom stereocenters. The van der Waals surface area contributed by atoms with Crippen molar-refractivity contribution in [3.63, 3.8) is 0 Å². The summed E-state index contributed by atoms with van der Waals surface area (Å²) < 4.78 is 0. The molecule has 0 aromatic heterocycles. The lowest BCUT2D eigenvalue weighted by molar-refractivity contribution is -0.113. The Hall–Kier alpha value is -2.27. The largest absolute Gasteiger partial charge is 0.325 e. The molecule has 1 N–H and O–H groups in total. The van der Waals surface area contributed by atoms with Crippen molar-refractivity contribution in [1.82, 2.24) is 0 Å². The number of nitrogens with zero attached hydrogens (tertiary/aromatic N) is 1. The number of fused-ring (bicyclic) bond motifs is 1. The van der Waals surface area contributed by atoms with Crippen LogP contribution in [-0.4, -0.2) is 23.4 Å². The molecule has 1 saturated carbocycles. The van der Waals surface area contributed by atoms with E-state index in [1.165, 1.54) is 48.8 Å². The molecule has 158 valence electrons. The number of aryl methyl sites for hydroxylation is 2. The van der Waals surface area contributed by atoms with E-state index in [-0.39, 0.29) is 16.9 Å². The maximum atomic E-state index is 12.7. The van der Waals surface area contributed by atoms with Gasteiger partial charge in [-0.2, -0.15) is 0 Å². The third kappa shape index (κ3) is 5.07. The fourth-order valence-electron chi connectivity index (χ4n) is 4.59. The Morgan fingerprint density at radius 3 is 2.57 bits per heavy atom. The number of hydrogen-bond acceptors (Lipinski definition) is 3. The van der Waals surface area contributed by atoms with Crippen molar-refractivity contribution in [2.45, 2.75) is 57.8 Å². The molecule has 0 atom stereocenters. The highest BCUT2D eigenvalue weighted by molar-refractivity contribution is 8.14. The summed E-state index contributed by atoms with van der Waals surface area (Å²) in [5, 5.41) is 2.87. The van der Waals surface area contributed by atoms with E-state index in [0.29, 0.717) is 12.5 Å². The molecular formula is C25H30N2O2S. The maximum absolute atomic E-state index is 12.7. The van der Waals surface area contributed by atoms with Crippen molar-refractivity contribution in [2.75, 3.05) is 22.5 Å². The SMILES string of the molecule is Cc1ccc2c(c1)CCCN2C(=O)SCC(=O)Nc1ccc(C2CCCCC2)cc1. The molecule has 5 heteroatoms. The van der Waals surface area contributed by atoms with E-state index in [1.54, 1.807) is 0 Å². The molecule has 2 aromatic carbocycles. The molecule has 4 rings (SSSR count). The van der Waals surface area contributed by atoms with Crippen LogP contribution < -0.4 is 10.2 Å². The summed E-state index contributed by atoms with van der Waals surface area (Å²) in [6.45, 7) is 2.79. The van der Waals surface area contributed by atoms with Crippen LogP contribution in [0.25, 0.3) is 0 Å². The van der Waals surface area contributed by atoms with Crippen LogP contribution in [0, 0.1) is 6.92 Å². The Balaban J connectivity index is 1.29. The zero-order valence-corrected chi connectivity index (χ0v) is 18.5. The average Bonchev–Trinajstić information content (AvgIpc) is 2.78. The topological polar surface area (TPSA) is 49.4 Å². The van der Waals surface area contributed by atoms with Gasteiger partial charge in [-0.15, -0.1) is 0 Å². The molecule has 0 saturated heterocycles. The summed E-state index contributed by atoms with van der Waals surface area (Å²) in [4.78, 5) is 26.9. The highest BCUT2D eigenvalue weighted by atomic mass is 32.2. The molecule has 1 heterocycles. The smallest absolute Gasteiger partial charge is 0.286 e. The van der Waals surface area contributed by atoms with E-state index in [9.17, 15) is 9.59 Å². The number of thioether (sulfide) groups is 1. The van der Waals surface area contributed by atoms with Crippen molar-refractivity contribution < 1.29 is 9.59 Å². The van der Waals surface area contributed by atoms with Gasteiger partial charge in [-0.3, -0.25) is 9.59 Å². The molecule has 1 aliphatic heterocycles. The number of rotatable bonds is 4. The minimum atomic E-state index is -0.139. The molecule has 1 fully saturated rings. The summed E-state index contributed by atoms with van der Waals surface area (Å²) in [6, 6.07) is 14.5. The maximum Gasteiger partial charge on any atom is 0.286 e. The van der Waals surface area contributed by atoms with Gasteiger partial charge in [-0.1, -0.05) is 60.9 Å². The first-order chi connectivity index (χ1) is 14.6. The van der Waals surface area contributed by atoms with Gasteiger partial charge in [-0.05, 0) is 67.9 Å².